The Balaban J connectivity index is 1.67. The molecule has 0 unspecified atom stereocenters. The van der Waals surface area contributed by atoms with Crippen LogP contribution in [0.2, 0.25) is 0 Å². The van der Waals surface area contributed by atoms with E-state index in [-0.39, 0.29) is 18.2 Å². The maximum Gasteiger partial charge on any atom is 0.277 e. The van der Waals surface area contributed by atoms with Gasteiger partial charge in [0.1, 0.15) is 0 Å². The highest BCUT2D eigenvalue weighted by molar-refractivity contribution is 6.03. The lowest BCUT2D eigenvalue weighted by Crippen LogP contribution is -2.53. The van der Waals surface area contributed by atoms with Crippen molar-refractivity contribution in [2.24, 2.45) is 5.73 Å². The first-order valence-electron chi connectivity index (χ1n) is 9.41. The average Bonchev–Trinajstić information content (AvgIpc) is 2.98. The second-order valence-electron chi connectivity index (χ2n) is 7.98. The number of nitrogens with two attached hydrogens (primary N) is 1. The summed E-state index contributed by atoms with van der Waals surface area (Å²) in [6.07, 6.45) is -1.35. The molecular weight excluding hydrogens is 370 g/mol. The summed E-state index contributed by atoms with van der Waals surface area (Å²) in [4.78, 5) is 36.3. The van der Waals surface area contributed by atoms with Gasteiger partial charge in [-0.15, -0.1) is 0 Å². The Morgan fingerprint density at radius 1 is 0.966 bits per heavy atom. The van der Waals surface area contributed by atoms with Crippen molar-refractivity contribution < 1.29 is 19.1 Å². The lowest BCUT2D eigenvalue weighted by Gasteiger charge is -2.25. The van der Waals surface area contributed by atoms with E-state index in [1.165, 1.54) is 0 Å². The van der Waals surface area contributed by atoms with Crippen molar-refractivity contribution in [1.29, 1.82) is 0 Å². The molecule has 0 spiro atoms. The summed E-state index contributed by atoms with van der Waals surface area (Å²) in [5.41, 5.74) is 13.5. The molecular formula is C22H25N3O4. The van der Waals surface area contributed by atoms with Crippen LogP contribution in [0.1, 0.15) is 44.2 Å². The van der Waals surface area contributed by atoms with Gasteiger partial charge in [-0.2, -0.15) is 0 Å². The third-order valence-corrected chi connectivity index (χ3v) is 4.65. The third-order valence-electron chi connectivity index (χ3n) is 4.65. The highest BCUT2D eigenvalue weighted by Crippen LogP contribution is 2.45. The topological polar surface area (TPSA) is 111 Å². The minimum absolute atomic E-state index is 0.114. The summed E-state index contributed by atoms with van der Waals surface area (Å²) < 4.78 is 5.38. The molecule has 0 heterocycles. The van der Waals surface area contributed by atoms with Crippen LogP contribution in [-0.2, 0) is 19.1 Å². The monoisotopic (exact) mass is 395 g/mol. The van der Waals surface area contributed by atoms with Crippen LogP contribution in [0.25, 0.3) is 11.1 Å². The number of hydrogen-bond acceptors (Lipinski definition) is 4. The second kappa shape index (κ2) is 8.05. The molecule has 0 saturated carbocycles. The molecule has 1 atom stereocenters. The molecule has 1 aliphatic rings. The Kier molecular flexibility index (Phi) is 5.70. The van der Waals surface area contributed by atoms with E-state index in [4.69, 9.17) is 10.5 Å². The normalized spacial score (nSPS) is 13.9. The number of rotatable bonds is 5. The van der Waals surface area contributed by atoms with E-state index in [1.54, 1.807) is 20.8 Å². The molecule has 3 rings (SSSR count). The fraction of sp³-hybridized carbons (Fsp3) is 0.318. The molecule has 1 aliphatic carbocycles. The summed E-state index contributed by atoms with van der Waals surface area (Å²) in [5.74, 6) is -2.23. The smallest absolute Gasteiger partial charge is 0.277 e. The summed E-state index contributed by atoms with van der Waals surface area (Å²) >= 11 is 0. The maximum atomic E-state index is 12.5. The molecule has 7 heteroatoms. The van der Waals surface area contributed by atoms with Gasteiger partial charge in [-0.05, 0) is 43.0 Å². The van der Waals surface area contributed by atoms with Gasteiger partial charge in [0.05, 0.1) is 5.60 Å². The van der Waals surface area contributed by atoms with E-state index >= 15 is 0 Å². The number of primary amides is 1. The van der Waals surface area contributed by atoms with Crippen LogP contribution in [0.5, 0.6) is 0 Å². The van der Waals surface area contributed by atoms with E-state index in [0.29, 0.717) is 0 Å². The minimum atomic E-state index is -1.50. The zero-order valence-corrected chi connectivity index (χ0v) is 16.7. The molecule has 0 aliphatic heterocycles. The molecule has 7 nitrogen and oxygen atoms in total. The van der Waals surface area contributed by atoms with E-state index in [9.17, 15) is 14.4 Å². The van der Waals surface area contributed by atoms with Crippen LogP contribution >= 0.6 is 0 Å². The standard InChI is InChI=1S/C22H25N3O4/c1-22(2,3)29-19(20(23)27)21(28)25-24-18(26)12-17-15-10-6-4-8-13(15)14-9-5-7-11-16(14)17/h4-11,17,19H,12H2,1-3H3,(H2,23,27)(H,24,26)(H,25,28)/t19-/m0/s1. The van der Waals surface area contributed by atoms with Crippen LogP contribution in [0.4, 0.5) is 0 Å². The van der Waals surface area contributed by atoms with Crippen LogP contribution < -0.4 is 16.6 Å². The summed E-state index contributed by atoms with van der Waals surface area (Å²) in [5, 5.41) is 0. The van der Waals surface area contributed by atoms with Gasteiger partial charge >= 0.3 is 0 Å². The van der Waals surface area contributed by atoms with E-state index in [2.05, 4.69) is 10.9 Å². The van der Waals surface area contributed by atoms with E-state index in [1.807, 2.05) is 48.5 Å². The van der Waals surface area contributed by atoms with Gasteiger partial charge in [0.2, 0.25) is 12.0 Å². The fourth-order valence-corrected chi connectivity index (χ4v) is 3.51. The van der Waals surface area contributed by atoms with Crippen molar-refractivity contribution in [3.63, 3.8) is 0 Å². The largest absolute Gasteiger partial charge is 0.367 e. The number of hydrazine groups is 1. The van der Waals surface area contributed by atoms with Gasteiger partial charge in [-0.3, -0.25) is 25.2 Å². The van der Waals surface area contributed by atoms with Crippen molar-refractivity contribution in [2.75, 3.05) is 0 Å². The zero-order chi connectivity index (χ0) is 21.2. The molecule has 2 aromatic rings. The van der Waals surface area contributed by atoms with Crippen molar-refractivity contribution in [1.82, 2.24) is 10.9 Å². The molecule has 0 bridgehead atoms. The van der Waals surface area contributed by atoms with E-state index in [0.717, 1.165) is 22.3 Å². The minimum Gasteiger partial charge on any atom is -0.367 e. The SMILES string of the molecule is CC(C)(C)O[C@@H](C(N)=O)C(=O)NNC(=O)CC1c2ccccc2-c2ccccc21. The number of nitrogens with one attached hydrogen (secondary N) is 2. The second-order valence-corrected chi connectivity index (χ2v) is 7.98. The van der Waals surface area contributed by atoms with Crippen LogP contribution in [0, 0.1) is 0 Å². The number of benzene rings is 2. The molecule has 0 radical (unpaired) electrons. The molecule has 0 aromatic heterocycles. The third kappa shape index (κ3) is 4.63. The predicted molar refractivity (Wildman–Crippen MR) is 108 cm³/mol. The van der Waals surface area contributed by atoms with E-state index < -0.39 is 23.5 Å². The first-order valence-corrected chi connectivity index (χ1v) is 9.41. The highest BCUT2D eigenvalue weighted by atomic mass is 16.5. The summed E-state index contributed by atoms with van der Waals surface area (Å²) in [7, 11) is 0. The van der Waals surface area contributed by atoms with Crippen LogP contribution in [0.15, 0.2) is 48.5 Å². The van der Waals surface area contributed by atoms with Crippen molar-refractivity contribution >= 4 is 17.7 Å². The van der Waals surface area contributed by atoms with Gasteiger partial charge in [-0.25, -0.2) is 0 Å². The Morgan fingerprint density at radius 2 is 1.48 bits per heavy atom. The number of hydrogen-bond donors (Lipinski definition) is 3. The first kappa shape index (κ1) is 20.5. The average molecular weight is 395 g/mol. The molecule has 152 valence electrons. The van der Waals surface area contributed by atoms with Crippen LogP contribution in [0.3, 0.4) is 0 Å². The van der Waals surface area contributed by atoms with Gasteiger partial charge in [0.15, 0.2) is 0 Å². The molecule has 0 saturated heterocycles. The van der Waals surface area contributed by atoms with Crippen molar-refractivity contribution in [2.45, 2.75) is 44.8 Å². The molecule has 3 amide bonds. The van der Waals surface area contributed by atoms with Crippen LogP contribution in [-0.4, -0.2) is 29.4 Å². The number of amides is 3. The molecule has 4 N–H and O–H groups in total. The number of carbonyl (C=O) groups is 3. The Bertz CT molecular complexity index is 904. The first-order chi connectivity index (χ1) is 13.7. The maximum absolute atomic E-state index is 12.5. The quantitative estimate of drug-likeness (QED) is 0.531. The molecule has 0 fully saturated rings. The highest BCUT2D eigenvalue weighted by Gasteiger charge is 2.32. The van der Waals surface area contributed by atoms with Gasteiger partial charge in [-0.1, -0.05) is 48.5 Å². The number of ether oxygens (including phenoxy) is 1. The van der Waals surface area contributed by atoms with Gasteiger partial charge in [0, 0.05) is 12.3 Å². The van der Waals surface area contributed by atoms with Crippen molar-refractivity contribution in [3.05, 3.63) is 59.7 Å². The predicted octanol–water partition coefficient (Wildman–Crippen LogP) is 2.01. The summed E-state index contributed by atoms with van der Waals surface area (Å²) in [6, 6.07) is 15.9. The van der Waals surface area contributed by atoms with Gasteiger partial charge < -0.3 is 10.5 Å². The molecule has 29 heavy (non-hydrogen) atoms. The zero-order valence-electron chi connectivity index (χ0n) is 16.7. The Hall–Kier alpha value is -3.19. The number of fused-ring (bicyclic) bond motifs is 3. The Labute approximate surface area is 169 Å². The Morgan fingerprint density at radius 3 is 1.97 bits per heavy atom. The van der Waals surface area contributed by atoms with Gasteiger partial charge in [0.25, 0.3) is 11.8 Å². The molecule has 2 aromatic carbocycles. The summed E-state index contributed by atoms with van der Waals surface area (Å²) in [6.45, 7) is 5.09. The number of carbonyl (C=O) groups excluding carboxylic acids is 3. The fourth-order valence-electron chi connectivity index (χ4n) is 3.51. The van der Waals surface area contributed by atoms with Crippen molar-refractivity contribution in [3.8, 4) is 11.1 Å². The lowest BCUT2D eigenvalue weighted by molar-refractivity contribution is -0.155. The lowest BCUT2D eigenvalue weighted by atomic mass is 9.93.